The largest absolute Gasteiger partial charge is 0.469 e. The molecule has 3 heteroatoms. The molecule has 3 aliphatic rings. The van der Waals surface area contributed by atoms with Crippen LogP contribution in [-0.2, 0) is 14.3 Å². The molecule has 2 unspecified atom stereocenters. The van der Waals surface area contributed by atoms with Gasteiger partial charge in [0, 0.05) is 12.8 Å². The highest BCUT2D eigenvalue weighted by Gasteiger charge is 2.54. The molecule has 3 rings (SSSR count). The molecule has 0 bridgehead atoms. The summed E-state index contributed by atoms with van der Waals surface area (Å²) < 4.78 is 5.06. The molecule has 0 aromatic carbocycles. The topological polar surface area (TPSA) is 43.4 Å². The number of fused-ring (bicyclic) bond motifs is 3. The van der Waals surface area contributed by atoms with Crippen LogP contribution in [-0.4, -0.2) is 18.9 Å². The van der Waals surface area contributed by atoms with E-state index >= 15 is 0 Å². The van der Waals surface area contributed by atoms with Crippen molar-refractivity contribution in [2.24, 2.45) is 35.0 Å². The second-order valence-corrected chi connectivity index (χ2v) is 9.35. The van der Waals surface area contributed by atoms with E-state index in [1.165, 1.54) is 20.0 Å². The fourth-order valence-corrected chi connectivity index (χ4v) is 6.44. The predicted octanol–water partition coefficient (Wildman–Crippen LogP) is 5.33. The van der Waals surface area contributed by atoms with Crippen molar-refractivity contribution in [2.75, 3.05) is 7.11 Å². The van der Waals surface area contributed by atoms with E-state index < -0.39 is 0 Å². The summed E-state index contributed by atoms with van der Waals surface area (Å²) in [6.45, 7) is 6.81. The van der Waals surface area contributed by atoms with E-state index in [9.17, 15) is 9.59 Å². The molecule has 3 aliphatic carbocycles. The zero-order valence-corrected chi connectivity index (χ0v) is 17.1. The summed E-state index contributed by atoms with van der Waals surface area (Å²) >= 11 is 0. The van der Waals surface area contributed by atoms with E-state index in [2.05, 4.69) is 26.8 Å². The van der Waals surface area contributed by atoms with Gasteiger partial charge in [-0.1, -0.05) is 38.8 Å². The minimum Gasteiger partial charge on any atom is -0.469 e. The molecule has 0 saturated heterocycles. The van der Waals surface area contributed by atoms with Gasteiger partial charge < -0.3 is 4.74 Å². The van der Waals surface area contributed by atoms with E-state index in [1.807, 2.05) is 0 Å². The summed E-state index contributed by atoms with van der Waals surface area (Å²) in [7, 11) is 1.51. The number of methoxy groups -OCH3 is 1. The highest BCUT2D eigenvalue weighted by atomic mass is 16.5. The molecule has 2 saturated carbocycles. The van der Waals surface area contributed by atoms with Gasteiger partial charge in [-0.2, -0.15) is 0 Å². The standard InChI is InChI=1S/C23H36O3/c1-15-9-10-17(24)7-5-6-8-19-18(15)13-14-23(3)20(11-12-21(19)23)16(2)22(25)26-4/h13,15-16,19-21H,5-12,14H2,1-4H3/t15-,16-,19?,20+,21?,23+/m0/s1. The summed E-state index contributed by atoms with van der Waals surface area (Å²) in [6, 6.07) is 0. The highest BCUT2D eigenvalue weighted by molar-refractivity contribution is 5.78. The predicted molar refractivity (Wildman–Crippen MR) is 104 cm³/mol. The molecule has 0 N–H and O–H groups in total. The van der Waals surface area contributed by atoms with E-state index in [0.717, 1.165) is 44.9 Å². The number of rotatable bonds is 2. The summed E-state index contributed by atoms with van der Waals surface area (Å²) in [5, 5.41) is 0. The molecule has 0 radical (unpaired) electrons. The lowest BCUT2D eigenvalue weighted by molar-refractivity contribution is -0.148. The third-order valence-corrected chi connectivity index (χ3v) is 8.00. The Hall–Kier alpha value is -1.12. The van der Waals surface area contributed by atoms with Crippen LogP contribution < -0.4 is 0 Å². The van der Waals surface area contributed by atoms with Gasteiger partial charge in [0.1, 0.15) is 5.78 Å². The van der Waals surface area contributed by atoms with Crippen LogP contribution in [0, 0.1) is 35.0 Å². The smallest absolute Gasteiger partial charge is 0.308 e. The van der Waals surface area contributed by atoms with Crippen molar-refractivity contribution in [1.29, 1.82) is 0 Å². The van der Waals surface area contributed by atoms with Crippen molar-refractivity contribution in [3.05, 3.63) is 11.6 Å². The number of carbonyl (C=O) groups excluding carboxylic acids is 2. The van der Waals surface area contributed by atoms with Gasteiger partial charge in [-0.25, -0.2) is 0 Å². The first-order chi connectivity index (χ1) is 12.4. The first kappa shape index (κ1) is 19.6. The van der Waals surface area contributed by atoms with Crippen molar-refractivity contribution < 1.29 is 14.3 Å². The molecule has 0 amide bonds. The average Bonchev–Trinajstić information content (AvgIpc) is 2.98. The number of Topliss-reactive ketones (excluding diaryl/α,β-unsaturated/α-hetero) is 1. The number of hydrogen-bond acceptors (Lipinski definition) is 3. The molecule has 0 spiro atoms. The number of ketones is 1. The van der Waals surface area contributed by atoms with Gasteiger partial charge in [-0.05, 0) is 67.6 Å². The Kier molecular flexibility index (Phi) is 5.94. The molecule has 26 heavy (non-hydrogen) atoms. The lowest BCUT2D eigenvalue weighted by atomic mass is 9.57. The number of carbonyl (C=O) groups is 2. The normalized spacial score (nSPS) is 39.4. The maximum atomic E-state index is 12.2. The SMILES string of the molecule is COC(=O)[C@@H](C)[C@H]1CCC2C3CCCCC(=O)CC[C@H](C)C3=CC[C@@]21C. The van der Waals surface area contributed by atoms with Crippen LogP contribution >= 0.6 is 0 Å². The van der Waals surface area contributed by atoms with E-state index in [1.54, 1.807) is 5.57 Å². The fraction of sp³-hybridized carbons (Fsp3) is 0.826. The summed E-state index contributed by atoms with van der Waals surface area (Å²) in [6.07, 6.45) is 11.9. The quantitative estimate of drug-likeness (QED) is 0.493. The first-order valence-electron chi connectivity index (χ1n) is 10.7. The van der Waals surface area contributed by atoms with E-state index in [4.69, 9.17) is 4.74 Å². The average molecular weight is 361 g/mol. The van der Waals surface area contributed by atoms with Gasteiger partial charge in [0.15, 0.2) is 0 Å². The lowest BCUT2D eigenvalue weighted by Gasteiger charge is -2.47. The van der Waals surface area contributed by atoms with Crippen molar-refractivity contribution in [1.82, 2.24) is 0 Å². The van der Waals surface area contributed by atoms with Gasteiger partial charge in [-0.15, -0.1) is 0 Å². The molecule has 6 atom stereocenters. The van der Waals surface area contributed by atoms with Gasteiger partial charge in [-0.3, -0.25) is 9.59 Å². The number of hydrogen-bond donors (Lipinski definition) is 0. The maximum Gasteiger partial charge on any atom is 0.308 e. The Morgan fingerprint density at radius 2 is 1.96 bits per heavy atom. The van der Waals surface area contributed by atoms with Crippen LogP contribution in [0.4, 0.5) is 0 Å². The van der Waals surface area contributed by atoms with Crippen LogP contribution in [0.1, 0.15) is 78.6 Å². The van der Waals surface area contributed by atoms with E-state index in [0.29, 0.717) is 29.5 Å². The minimum atomic E-state index is -0.0514. The Bertz CT molecular complexity index is 578. The molecule has 0 heterocycles. The van der Waals surface area contributed by atoms with E-state index in [-0.39, 0.29) is 17.3 Å². The zero-order chi connectivity index (χ0) is 18.9. The molecule has 146 valence electrons. The summed E-state index contributed by atoms with van der Waals surface area (Å²) in [5.41, 5.74) is 1.83. The van der Waals surface area contributed by atoms with Crippen molar-refractivity contribution in [2.45, 2.75) is 78.6 Å². The van der Waals surface area contributed by atoms with Crippen LogP contribution in [0.2, 0.25) is 0 Å². The lowest BCUT2D eigenvalue weighted by Crippen LogP contribution is -2.41. The first-order valence-corrected chi connectivity index (χ1v) is 10.7. The molecule has 0 aromatic rings. The fourth-order valence-electron chi connectivity index (χ4n) is 6.44. The number of esters is 1. The van der Waals surface area contributed by atoms with Crippen LogP contribution in [0.25, 0.3) is 0 Å². The molecule has 3 nitrogen and oxygen atoms in total. The maximum absolute atomic E-state index is 12.2. The third-order valence-electron chi connectivity index (χ3n) is 8.00. The zero-order valence-electron chi connectivity index (χ0n) is 17.1. The second-order valence-electron chi connectivity index (χ2n) is 9.35. The molecule has 2 fully saturated rings. The summed E-state index contributed by atoms with van der Waals surface area (Å²) in [4.78, 5) is 24.2. The summed E-state index contributed by atoms with van der Waals surface area (Å²) in [5.74, 6) is 2.64. The van der Waals surface area contributed by atoms with Gasteiger partial charge in [0.25, 0.3) is 0 Å². The monoisotopic (exact) mass is 360 g/mol. The van der Waals surface area contributed by atoms with Crippen molar-refractivity contribution in [3.8, 4) is 0 Å². The van der Waals surface area contributed by atoms with Crippen LogP contribution in [0.3, 0.4) is 0 Å². The minimum absolute atomic E-state index is 0.0143. The molecule has 0 aliphatic heterocycles. The Morgan fingerprint density at radius 1 is 1.19 bits per heavy atom. The van der Waals surface area contributed by atoms with Crippen LogP contribution in [0.5, 0.6) is 0 Å². The van der Waals surface area contributed by atoms with Crippen molar-refractivity contribution >= 4 is 11.8 Å². The second kappa shape index (κ2) is 7.86. The third kappa shape index (κ3) is 3.51. The van der Waals surface area contributed by atoms with Crippen LogP contribution in [0.15, 0.2) is 11.6 Å². The molecular weight excluding hydrogens is 324 g/mol. The Morgan fingerprint density at radius 3 is 2.69 bits per heavy atom. The van der Waals surface area contributed by atoms with Gasteiger partial charge >= 0.3 is 5.97 Å². The highest BCUT2D eigenvalue weighted by Crippen LogP contribution is 2.61. The number of ether oxygens (including phenoxy) is 1. The van der Waals surface area contributed by atoms with Crippen molar-refractivity contribution in [3.63, 3.8) is 0 Å². The van der Waals surface area contributed by atoms with Gasteiger partial charge in [0.05, 0.1) is 13.0 Å². The Labute approximate surface area is 158 Å². The Balaban J connectivity index is 1.86. The molecular formula is C23H36O3. The van der Waals surface area contributed by atoms with Gasteiger partial charge in [0.2, 0.25) is 0 Å². The molecule has 0 aromatic heterocycles. The number of allylic oxidation sites excluding steroid dienone is 2.